The number of likely N-dealkylation sites (tertiary alicyclic amines) is 1. The van der Waals surface area contributed by atoms with E-state index >= 15 is 0 Å². The van der Waals surface area contributed by atoms with Gasteiger partial charge in [0.15, 0.2) is 0 Å². The Morgan fingerprint density at radius 1 is 0.941 bits per heavy atom. The molecule has 0 radical (unpaired) electrons. The second kappa shape index (κ2) is 10.9. The zero-order valence-corrected chi connectivity index (χ0v) is 21.1. The van der Waals surface area contributed by atoms with Crippen molar-refractivity contribution in [2.75, 3.05) is 19.6 Å². The van der Waals surface area contributed by atoms with Crippen LogP contribution >= 0.6 is 11.3 Å². The van der Waals surface area contributed by atoms with E-state index in [1.807, 2.05) is 41.7 Å². The maximum absolute atomic E-state index is 13.8. The summed E-state index contributed by atoms with van der Waals surface area (Å²) in [6, 6.07) is 23.5. The van der Waals surface area contributed by atoms with Crippen LogP contribution in [0, 0.1) is 12.8 Å². The first-order valence-electron chi connectivity index (χ1n) is 12.9. The second-order valence-corrected chi connectivity index (χ2v) is 11.1. The van der Waals surface area contributed by atoms with Crippen molar-refractivity contribution in [2.45, 2.75) is 57.5 Å². The topological polar surface area (TPSA) is 23.6 Å². The monoisotopic (exact) mass is 472 g/mol. The molecule has 178 valence electrons. The third-order valence-electron chi connectivity index (χ3n) is 7.81. The molecule has 0 N–H and O–H groups in total. The summed E-state index contributed by atoms with van der Waals surface area (Å²) in [7, 11) is 0. The molecule has 2 unspecified atom stereocenters. The van der Waals surface area contributed by atoms with Gasteiger partial charge < -0.3 is 4.90 Å². The summed E-state index contributed by atoms with van der Waals surface area (Å²) in [4.78, 5) is 20.1. The van der Waals surface area contributed by atoms with Crippen molar-refractivity contribution in [3.8, 4) is 0 Å². The van der Waals surface area contributed by atoms with Gasteiger partial charge in [-0.25, -0.2) is 0 Å². The molecule has 3 aromatic rings. The second-order valence-electron chi connectivity index (χ2n) is 10.1. The first-order chi connectivity index (χ1) is 16.7. The van der Waals surface area contributed by atoms with Crippen LogP contribution in [0.4, 0.5) is 0 Å². The minimum absolute atomic E-state index is 0.215. The highest BCUT2D eigenvalue weighted by molar-refractivity contribution is 7.10. The van der Waals surface area contributed by atoms with Crippen LogP contribution in [0.5, 0.6) is 0 Å². The maximum atomic E-state index is 13.8. The molecule has 0 bridgehead atoms. The molecule has 2 fully saturated rings. The summed E-state index contributed by atoms with van der Waals surface area (Å²) in [5.74, 6) is 1.11. The zero-order chi connectivity index (χ0) is 23.3. The van der Waals surface area contributed by atoms with E-state index in [1.54, 1.807) is 0 Å². The third-order valence-corrected chi connectivity index (χ3v) is 8.82. The molecule has 1 aliphatic carbocycles. The lowest BCUT2D eigenvalue weighted by atomic mass is 9.87. The summed E-state index contributed by atoms with van der Waals surface area (Å²) in [5.41, 5.74) is 3.63. The fraction of sp³-hybridized carbons (Fsp3) is 0.433. The van der Waals surface area contributed by atoms with Crippen LogP contribution in [-0.4, -0.2) is 41.4 Å². The molecule has 4 heteroatoms. The lowest BCUT2D eigenvalue weighted by Crippen LogP contribution is -2.45. The number of nitrogens with zero attached hydrogens (tertiary/aromatic N) is 2. The number of hydrogen-bond donors (Lipinski definition) is 0. The Balaban J connectivity index is 1.41. The molecule has 0 spiro atoms. The standard InChI is InChI=1S/C30H36N2OS/c1-23-17-18-34-29(23)22-31-19-26(28(21-31)24-11-5-2-6-12-24)20-32(27-15-9-4-10-16-27)30(33)25-13-7-3-8-14-25/h2-3,5-8,11-14,17-18,26-28H,4,9-10,15-16,19-22H2,1H3. The van der Waals surface area contributed by atoms with E-state index in [1.165, 1.54) is 35.3 Å². The smallest absolute Gasteiger partial charge is 0.254 e. The van der Waals surface area contributed by atoms with Crippen LogP contribution in [0.15, 0.2) is 72.1 Å². The first kappa shape index (κ1) is 23.3. The van der Waals surface area contributed by atoms with Crippen LogP contribution in [0.2, 0.25) is 0 Å². The summed E-state index contributed by atoms with van der Waals surface area (Å²) < 4.78 is 0. The SMILES string of the molecule is Cc1ccsc1CN1CC(CN(C(=O)c2ccccc2)C2CCCCC2)C(c2ccccc2)C1. The molecule has 34 heavy (non-hydrogen) atoms. The summed E-state index contributed by atoms with van der Waals surface area (Å²) in [6.45, 7) is 6.18. The van der Waals surface area contributed by atoms with Crippen molar-refractivity contribution in [2.24, 2.45) is 5.92 Å². The number of benzene rings is 2. The molecular formula is C30H36N2OS. The van der Waals surface area contributed by atoms with E-state index in [9.17, 15) is 4.79 Å². The molecule has 1 amide bonds. The quantitative estimate of drug-likeness (QED) is 0.380. The van der Waals surface area contributed by atoms with E-state index in [0.29, 0.717) is 17.9 Å². The Kier molecular flexibility index (Phi) is 7.46. The lowest BCUT2D eigenvalue weighted by molar-refractivity contribution is 0.0588. The number of aryl methyl sites for hydroxylation is 1. The molecule has 2 atom stereocenters. The summed E-state index contributed by atoms with van der Waals surface area (Å²) in [6.07, 6.45) is 6.05. The Bertz CT molecular complexity index is 1060. The van der Waals surface area contributed by atoms with Gasteiger partial charge in [0.25, 0.3) is 5.91 Å². The maximum Gasteiger partial charge on any atom is 0.254 e. The average Bonchev–Trinajstić information content (AvgIpc) is 3.49. The zero-order valence-electron chi connectivity index (χ0n) is 20.2. The molecule has 2 aromatic carbocycles. The van der Waals surface area contributed by atoms with E-state index in [4.69, 9.17) is 0 Å². The Morgan fingerprint density at radius 2 is 1.65 bits per heavy atom. The number of rotatable bonds is 7. The van der Waals surface area contributed by atoms with E-state index < -0.39 is 0 Å². The highest BCUT2D eigenvalue weighted by atomic mass is 32.1. The molecular weight excluding hydrogens is 436 g/mol. The molecule has 2 aliphatic rings. The van der Waals surface area contributed by atoms with Crippen molar-refractivity contribution in [1.82, 2.24) is 9.80 Å². The Morgan fingerprint density at radius 3 is 2.32 bits per heavy atom. The van der Waals surface area contributed by atoms with Crippen LogP contribution in [-0.2, 0) is 6.54 Å². The fourth-order valence-electron chi connectivity index (χ4n) is 5.91. The first-order valence-corrected chi connectivity index (χ1v) is 13.7. The van der Waals surface area contributed by atoms with Gasteiger partial charge in [-0.3, -0.25) is 9.69 Å². The lowest BCUT2D eigenvalue weighted by Gasteiger charge is -2.37. The van der Waals surface area contributed by atoms with Crippen LogP contribution in [0.1, 0.15) is 64.4 Å². The largest absolute Gasteiger partial charge is 0.335 e. The molecule has 2 heterocycles. The highest BCUT2D eigenvalue weighted by Gasteiger charge is 2.38. The van der Waals surface area contributed by atoms with E-state index in [2.05, 4.69) is 58.5 Å². The van der Waals surface area contributed by atoms with Gasteiger partial charge >= 0.3 is 0 Å². The predicted octanol–water partition coefficient (Wildman–Crippen LogP) is 6.75. The Hall–Kier alpha value is -2.43. The van der Waals surface area contributed by atoms with E-state index in [-0.39, 0.29) is 5.91 Å². The molecule has 5 rings (SSSR count). The normalized spacial score (nSPS) is 21.6. The van der Waals surface area contributed by atoms with Gasteiger partial charge in [0.2, 0.25) is 0 Å². The summed E-state index contributed by atoms with van der Waals surface area (Å²) in [5, 5.41) is 2.20. The Labute approximate surface area is 208 Å². The third kappa shape index (κ3) is 5.29. The van der Waals surface area contributed by atoms with Gasteiger partial charge in [0.1, 0.15) is 0 Å². The van der Waals surface area contributed by atoms with Crippen molar-refractivity contribution >= 4 is 17.2 Å². The van der Waals surface area contributed by atoms with Crippen molar-refractivity contribution in [1.29, 1.82) is 0 Å². The van der Waals surface area contributed by atoms with Crippen molar-refractivity contribution in [3.63, 3.8) is 0 Å². The van der Waals surface area contributed by atoms with Crippen LogP contribution in [0.3, 0.4) is 0 Å². The number of hydrogen-bond acceptors (Lipinski definition) is 3. The number of amides is 1. The van der Waals surface area contributed by atoms with Gasteiger partial charge in [-0.05, 0) is 60.4 Å². The van der Waals surface area contributed by atoms with Gasteiger partial charge in [-0.1, -0.05) is 67.8 Å². The minimum atomic E-state index is 0.215. The number of carbonyl (C=O) groups is 1. The van der Waals surface area contributed by atoms with Crippen molar-refractivity contribution in [3.05, 3.63) is 93.7 Å². The van der Waals surface area contributed by atoms with Gasteiger partial charge in [-0.15, -0.1) is 11.3 Å². The minimum Gasteiger partial charge on any atom is -0.335 e. The molecule has 3 nitrogen and oxygen atoms in total. The van der Waals surface area contributed by atoms with Crippen LogP contribution in [0.25, 0.3) is 0 Å². The van der Waals surface area contributed by atoms with Gasteiger partial charge in [0.05, 0.1) is 0 Å². The van der Waals surface area contributed by atoms with Gasteiger partial charge in [0, 0.05) is 48.6 Å². The summed E-state index contributed by atoms with van der Waals surface area (Å²) >= 11 is 1.87. The average molecular weight is 473 g/mol. The van der Waals surface area contributed by atoms with Crippen LogP contribution < -0.4 is 0 Å². The number of thiophene rings is 1. The molecule has 1 saturated heterocycles. The van der Waals surface area contributed by atoms with E-state index in [0.717, 1.165) is 44.6 Å². The number of carbonyl (C=O) groups excluding carboxylic acids is 1. The predicted molar refractivity (Wildman–Crippen MR) is 141 cm³/mol. The fourth-order valence-corrected chi connectivity index (χ4v) is 6.86. The molecule has 1 aliphatic heterocycles. The highest BCUT2D eigenvalue weighted by Crippen LogP contribution is 2.36. The van der Waals surface area contributed by atoms with Gasteiger partial charge in [-0.2, -0.15) is 0 Å². The molecule has 1 saturated carbocycles. The molecule has 1 aromatic heterocycles. The van der Waals surface area contributed by atoms with Crippen molar-refractivity contribution < 1.29 is 4.79 Å².